The zero-order chi connectivity index (χ0) is 22.9. The summed E-state index contributed by atoms with van der Waals surface area (Å²) in [6.45, 7) is 5.45. The molecule has 9 heteroatoms. The first-order chi connectivity index (χ1) is 15.5. The highest BCUT2D eigenvalue weighted by Gasteiger charge is 2.21. The van der Waals surface area contributed by atoms with E-state index in [4.69, 9.17) is 5.26 Å². The first-order valence-electron chi connectivity index (χ1n) is 9.79. The smallest absolute Gasteiger partial charge is 0.251 e. The van der Waals surface area contributed by atoms with Gasteiger partial charge in [-0.25, -0.2) is 4.98 Å². The van der Waals surface area contributed by atoms with E-state index in [1.54, 1.807) is 31.5 Å². The number of nitrogens with zero attached hydrogens (tertiary/aromatic N) is 3. The highest BCUT2D eigenvalue weighted by molar-refractivity contribution is 7.14. The maximum atomic E-state index is 12.7. The van der Waals surface area contributed by atoms with Gasteiger partial charge in [0.1, 0.15) is 12.6 Å². The Kier molecular flexibility index (Phi) is 7.67. The molecule has 2 aromatic heterocycles. The molecule has 0 unspecified atom stereocenters. The molecule has 0 radical (unpaired) electrons. The highest BCUT2D eigenvalue weighted by atomic mass is 32.1. The van der Waals surface area contributed by atoms with Crippen LogP contribution in [0.3, 0.4) is 0 Å². The normalized spacial score (nSPS) is 11.1. The molecule has 0 bridgehead atoms. The standard InChI is InChI=1S/C23H22N6O2S/c1-15(2)13-19(22(31)26-12-9-24)28-21(30)17-5-3-16(4-6-17)20-14-32-23(29-20)27-18-7-10-25-11-8-18/h3-8,10-11,14,19H,1,12-13H2,2H3,(H,26,31)(H,28,30)(H,25,27,29)/t19-/m0/s1. The van der Waals surface area contributed by atoms with Crippen molar-refractivity contribution < 1.29 is 9.59 Å². The summed E-state index contributed by atoms with van der Waals surface area (Å²) in [5.41, 5.74) is 3.72. The first-order valence-corrected chi connectivity index (χ1v) is 10.7. The number of anilines is 2. The van der Waals surface area contributed by atoms with Crippen LogP contribution in [-0.2, 0) is 4.79 Å². The number of carbonyl (C=O) groups is 2. The van der Waals surface area contributed by atoms with Crippen molar-refractivity contribution in [2.24, 2.45) is 0 Å². The molecule has 8 nitrogen and oxygen atoms in total. The number of rotatable bonds is 9. The van der Waals surface area contributed by atoms with Crippen molar-refractivity contribution >= 4 is 34.0 Å². The van der Waals surface area contributed by atoms with Gasteiger partial charge in [-0.05, 0) is 37.6 Å². The number of pyridine rings is 1. The third kappa shape index (κ3) is 6.23. The minimum Gasteiger partial charge on any atom is -0.341 e. The zero-order valence-electron chi connectivity index (χ0n) is 17.5. The summed E-state index contributed by atoms with van der Waals surface area (Å²) in [6, 6.07) is 11.8. The Morgan fingerprint density at radius 3 is 2.56 bits per heavy atom. The van der Waals surface area contributed by atoms with E-state index < -0.39 is 11.9 Å². The zero-order valence-corrected chi connectivity index (χ0v) is 18.3. The van der Waals surface area contributed by atoms with Crippen LogP contribution in [0.25, 0.3) is 11.3 Å². The van der Waals surface area contributed by atoms with Crippen molar-refractivity contribution in [2.75, 3.05) is 11.9 Å². The van der Waals surface area contributed by atoms with Crippen LogP contribution in [0.4, 0.5) is 10.8 Å². The molecule has 3 aromatic rings. The van der Waals surface area contributed by atoms with Gasteiger partial charge in [0.25, 0.3) is 5.91 Å². The fraction of sp³-hybridized carbons (Fsp3) is 0.174. The fourth-order valence-electron chi connectivity index (χ4n) is 2.86. The van der Waals surface area contributed by atoms with Crippen molar-refractivity contribution in [3.63, 3.8) is 0 Å². The van der Waals surface area contributed by atoms with E-state index in [-0.39, 0.29) is 18.9 Å². The molecular weight excluding hydrogens is 424 g/mol. The molecule has 0 saturated heterocycles. The molecule has 0 aliphatic heterocycles. The monoisotopic (exact) mass is 446 g/mol. The van der Waals surface area contributed by atoms with Crippen LogP contribution in [-0.4, -0.2) is 34.4 Å². The largest absolute Gasteiger partial charge is 0.341 e. The number of nitrogens with one attached hydrogen (secondary N) is 3. The number of benzene rings is 1. The lowest BCUT2D eigenvalue weighted by Crippen LogP contribution is -2.47. The van der Waals surface area contributed by atoms with Gasteiger partial charge >= 0.3 is 0 Å². The Bertz CT molecular complexity index is 1140. The first kappa shape index (κ1) is 22.7. The molecule has 162 valence electrons. The number of nitriles is 1. The summed E-state index contributed by atoms with van der Waals surface area (Å²) in [5.74, 6) is -0.801. The van der Waals surface area contributed by atoms with Crippen LogP contribution in [0.1, 0.15) is 23.7 Å². The van der Waals surface area contributed by atoms with Crippen molar-refractivity contribution in [1.29, 1.82) is 5.26 Å². The summed E-state index contributed by atoms with van der Waals surface area (Å²) in [7, 11) is 0. The Morgan fingerprint density at radius 2 is 1.91 bits per heavy atom. The minimum atomic E-state index is -0.798. The molecule has 2 amide bonds. The minimum absolute atomic E-state index is 0.123. The van der Waals surface area contributed by atoms with Crippen LogP contribution in [0.15, 0.2) is 66.3 Å². The van der Waals surface area contributed by atoms with Crippen LogP contribution in [0.2, 0.25) is 0 Å². The lowest BCUT2D eigenvalue weighted by molar-refractivity contribution is -0.122. The van der Waals surface area contributed by atoms with Crippen molar-refractivity contribution in [3.8, 4) is 17.3 Å². The van der Waals surface area contributed by atoms with E-state index in [2.05, 4.69) is 32.5 Å². The SMILES string of the molecule is C=C(C)C[C@H](NC(=O)c1ccc(-c2csc(Nc3ccncc3)n2)cc1)C(=O)NCC#N. The number of hydrogen-bond acceptors (Lipinski definition) is 7. The Hall–Kier alpha value is -4.03. The van der Waals surface area contributed by atoms with Gasteiger partial charge in [-0.3, -0.25) is 14.6 Å². The van der Waals surface area contributed by atoms with Gasteiger partial charge in [0.05, 0.1) is 11.8 Å². The second-order valence-corrected chi connectivity index (χ2v) is 7.90. The molecule has 0 spiro atoms. The average Bonchev–Trinajstić information content (AvgIpc) is 3.26. The summed E-state index contributed by atoms with van der Waals surface area (Å²) in [6.07, 6.45) is 3.69. The molecule has 0 aliphatic rings. The Morgan fingerprint density at radius 1 is 1.19 bits per heavy atom. The molecular formula is C23H22N6O2S. The predicted octanol–water partition coefficient (Wildman–Crippen LogP) is 3.65. The van der Waals surface area contributed by atoms with Gasteiger partial charge in [-0.1, -0.05) is 17.7 Å². The lowest BCUT2D eigenvalue weighted by Gasteiger charge is -2.18. The van der Waals surface area contributed by atoms with E-state index in [1.807, 2.05) is 35.7 Å². The number of hydrogen-bond donors (Lipinski definition) is 3. The molecule has 0 aliphatic carbocycles. The van der Waals surface area contributed by atoms with E-state index in [1.165, 1.54) is 11.3 Å². The van der Waals surface area contributed by atoms with Gasteiger partial charge in [0, 0.05) is 34.6 Å². The van der Waals surface area contributed by atoms with E-state index in [9.17, 15) is 9.59 Å². The third-order valence-electron chi connectivity index (χ3n) is 4.39. The predicted molar refractivity (Wildman–Crippen MR) is 124 cm³/mol. The van der Waals surface area contributed by atoms with E-state index in [0.29, 0.717) is 5.56 Å². The van der Waals surface area contributed by atoms with Crippen molar-refractivity contribution in [2.45, 2.75) is 19.4 Å². The molecule has 32 heavy (non-hydrogen) atoms. The second-order valence-electron chi connectivity index (χ2n) is 7.04. The molecule has 2 heterocycles. The Labute approximate surface area is 190 Å². The molecule has 3 rings (SSSR count). The van der Waals surface area contributed by atoms with Crippen LogP contribution in [0, 0.1) is 11.3 Å². The van der Waals surface area contributed by atoms with Crippen LogP contribution < -0.4 is 16.0 Å². The quantitative estimate of drug-likeness (QED) is 0.341. The van der Waals surface area contributed by atoms with E-state index in [0.717, 1.165) is 27.6 Å². The fourth-order valence-corrected chi connectivity index (χ4v) is 3.60. The molecule has 1 atom stereocenters. The maximum absolute atomic E-state index is 12.7. The number of amides is 2. The van der Waals surface area contributed by atoms with Gasteiger partial charge in [-0.15, -0.1) is 17.9 Å². The number of aromatic nitrogens is 2. The van der Waals surface area contributed by atoms with Crippen molar-refractivity contribution in [3.05, 3.63) is 71.9 Å². The molecule has 0 saturated carbocycles. The molecule has 1 aromatic carbocycles. The average molecular weight is 447 g/mol. The molecule has 3 N–H and O–H groups in total. The van der Waals surface area contributed by atoms with Crippen LogP contribution >= 0.6 is 11.3 Å². The lowest BCUT2D eigenvalue weighted by atomic mass is 10.1. The van der Waals surface area contributed by atoms with Crippen molar-refractivity contribution in [1.82, 2.24) is 20.6 Å². The second kappa shape index (κ2) is 10.8. The topological polar surface area (TPSA) is 120 Å². The number of thiazole rings is 1. The summed E-state index contributed by atoms with van der Waals surface area (Å²) >= 11 is 1.48. The summed E-state index contributed by atoms with van der Waals surface area (Å²) in [5, 5.41) is 19.7. The third-order valence-corrected chi connectivity index (χ3v) is 5.15. The van der Waals surface area contributed by atoms with Gasteiger partial charge in [-0.2, -0.15) is 5.26 Å². The Balaban J connectivity index is 1.66. The summed E-state index contributed by atoms with van der Waals surface area (Å²) < 4.78 is 0. The summed E-state index contributed by atoms with van der Waals surface area (Å²) in [4.78, 5) is 33.5. The van der Waals surface area contributed by atoms with Crippen LogP contribution in [0.5, 0.6) is 0 Å². The maximum Gasteiger partial charge on any atom is 0.251 e. The van der Waals surface area contributed by atoms with Gasteiger partial charge in [0.2, 0.25) is 5.91 Å². The van der Waals surface area contributed by atoms with Gasteiger partial charge < -0.3 is 16.0 Å². The van der Waals surface area contributed by atoms with Gasteiger partial charge in [0.15, 0.2) is 5.13 Å². The van der Waals surface area contributed by atoms with E-state index >= 15 is 0 Å². The highest BCUT2D eigenvalue weighted by Crippen LogP contribution is 2.27. The molecule has 0 fully saturated rings. The number of carbonyl (C=O) groups excluding carboxylic acids is 2.